The molecule has 0 bridgehead atoms. The summed E-state index contributed by atoms with van der Waals surface area (Å²) in [5.41, 5.74) is 5.52. The molecule has 0 rings (SSSR count). The Hall–Kier alpha value is -0.570. The normalized spacial score (nSPS) is 14.7. The van der Waals surface area contributed by atoms with Crippen molar-refractivity contribution >= 4 is 5.91 Å². The molecule has 0 saturated carbocycles. The zero-order valence-corrected chi connectivity index (χ0v) is 10.4. The van der Waals surface area contributed by atoms with Crippen LogP contribution in [0.1, 0.15) is 52.9 Å². The second-order valence-electron chi connectivity index (χ2n) is 4.25. The molecule has 0 aliphatic carbocycles. The summed E-state index contributed by atoms with van der Waals surface area (Å²) < 4.78 is 0. The van der Waals surface area contributed by atoms with Gasteiger partial charge >= 0.3 is 0 Å². The molecule has 2 atom stereocenters. The summed E-state index contributed by atoms with van der Waals surface area (Å²) in [6, 6.07) is 0.282. The molecule has 0 saturated heterocycles. The van der Waals surface area contributed by atoms with Crippen LogP contribution in [-0.4, -0.2) is 18.5 Å². The molecule has 0 radical (unpaired) electrons. The van der Waals surface area contributed by atoms with Crippen molar-refractivity contribution in [3.63, 3.8) is 0 Å². The number of carbonyl (C=O) groups excluding carboxylic acids is 1. The largest absolute Gasteiger partial charge is 0.353 e. The van der Waals surface area contributed by atoms with Gasteiger partial charge in [-0.05, 0) is 19.8 Å². The lowest BCUT2D eigenvalue weighted by molar-refractivity contribution is -0.125. The molecule has 2 unspecified atom stereocenters. The third-order valence-corrected chi connectivity index (χ3v) is 2.78. The van der Waals surface area contributed by atoms with E-state index < -0.39 is 0 Å². The van der Waals surface area contributed by atoms with Crippen LogP contribution in [-0.2, 0) is 4.79 Å². The number of amides is 1. The lowest BCUT2D eigenvalue weighted by Crippen LogP contribution is -2.39. The Morgan fingerprint density at radius 1 is 1.33 bits per heavy atom. The molecule has 90 valence electrons. The van der Waals surface area contributed by atoms with Crippen LogP contribution in [0.5, 0.6) is 0 Å². The van der Waals surface area contributed by atoms with Gasteiger partial charge in [-0.25, -0.2) is 0 Å². The smallest absolute Gasteiger partial charge is 0.224 e. The molecule has 0 aromatic carbocycles. The minimum Gasteiger partial charge on any atom is -0.353 e. The fraction of sp³-hybridized carbons (Fsp3) is 0.917. The molecule has 0 aliphatic heterocycles. The first kappa shape index (κ1) is 14.4. The molecule has 3 nitrogen and oxygen atoms in total. The zero-order valence-electron chi connectivity index (χ0n) is 10.4. The van der Waals surface area contributed by atoms with Crippen molar-refractivity contribution in [3.8, 4) is 0 Å². The summed E-state index contributed by atoms with van der Waals surface area (Å²) >= 11 is 0. The van der Waals surface area contributed by atoms with Crippen molar-refractivity contribution in [1.82, 2.24) is 5.32 Å². The van der Waals surface area contributed by atoms with Gasteiger partial charge in [0, 0.05) is 18.5 Å². The third-order valence-electron chi connectivity index (χ3n) is 2.78. The van der Waals surface area contributed by atoms with E-state index in [4.69, 9.17) is 5.73 Å². The Morgan fingerprint density at radius 3 is 2.47 bits per heavy atom. The molecule has 0 aliphatic rings. The van der Waals surface area contributed by atoms with Crippen molar-refractivity contribution in [1.29, 1.82) is 0 Å². The Morgan fingerprint density at radius 2 is 2.00 bits per heavy atom. The average Bonchev–Trinajstić information content (AvgIpc) is 2.20. The molecule has 0 spiro atoms. The summed E-state index contributed by atoms with van der Waals surface area (Å²) in [6.07, 6.45) is 5.55. The van der Waals surface area contributed by atoms with Gasteiger partial charge in [-0.15, -0.1) is 0 Å². The van der Waals surface area contributed by atoms with Gasteiger partial charge in [0.15, 0.2) is 0 Å². The van der Waals surface area contributed by atoms with E-state index in [1.165, 1.54) is 19.3 Å². The second-order valence-corrected chi connectivity index (χ2v) is 4.25. The van der Waals surface area contributed by atoms with Crippen LogP contribution in [0, 0.1) is 5.92 Å². The van der Waals surface area contributed by atoms with Crippen molar-refractivity contribution in [2.24, 2.45) is 11.7 Å². The van der Waals surface area contributed by atoms with Crippen molar-refractivity contribution in [3.05, 3.63) is 0 Å². The Balaban J connectivity index is 3.74. The Labute approximate surface area is 93.8 Å². The van der Waals surface area contributed by atoms with Crippen LogP contribution < -0.4 is 11.1 Å². The lowest BCUT2D eigenvalue weighted by atomic mass is 10.0. The fourth-order valence-corrected chi connectivity index (χ4v) is 1.59. The van der Waals surface area contributed by atoms with Gasteiger partial charge in [-0.3, -0.25) is 4.79 Å². The van der Waals surface area contributed by atoms with Gasteiger partial charge in [0.25, 0.3) is 0 Å². The van der Waals surface area contributed by atoms with Gasteiger partial charge in [-0.2, -0.15) is 0 Å². The molecule has 15 heavy (non-hydrogen) atoms. The standard InChI is InChI=1S/C12H26N2O/c1-4-6-7-8-10(3)14-12(15)11(5-2)9-13/h10-11H,4-9,13H2,1-3H3,(H,14,15). The quantitative estimate of drug-likeness (QED) is 0.608. The molecular formula is C12H26N2O. The number of rotatable bonds is 8. The minimum absolute atomic E-state index is 0.0152. The lowest BCUT2D eigenvalue weighted by Gasteiger charge is -2.18. The van der Waals surface area contributed by atoms with Crippen LogP contribution in [0.2, 0.25) is 0 Å². The number of hydrogen-bond acceptors (Lipinski definition) is 2. The van der Waals surface area contributed by atoms with E-state index in [1.54, 1.807) is 0 Å². The fourth-order valence-electron chi connectivity index (χ4n) is 1.59. The van der Waals surface area contributed by atoms with Crippen molar-refractivity contribution in [2.45, 2.75) is 58.9 Å². The van der Waals surface area contributed by atoms with E-state index in [0.717, 1.165) is 12.8 Å². The average molecular weight is 214 g/mol. The van der Waals surface area contributed by atoms with Crippen LogP contribution in [0.3, 0.4) is 0 Å². The SMILES string of the molecule is CCCCCC(C)NC(=O)C(CC)CN. The molecule has 3 heteroatoms. The maximum absolute atomic E-state index is 11.7. The van der Waals surface area contributed by atoms with E-state index in [9.17, 15) is 4.79 Å². The van der Waals surface area contributed by atoms with Crippen molar-refractivity contribution in [2.75, 3.05) is 6.54 Å². The maximum atomic E-state index is 11.7. The Kier molecular flexibility index (Phi) is 8.38. The second kappa shape index (κ2) is 8.72. The zero-order chi connectivity index (χ0) is 11.7. The van der Waals surface area contributed by atoms with E-state index in [-0.39, 0.29) is 17.9 Å². The predicted octanol–water partition coefficient (Wildman–Crippen LogP) is 2.06. The van der Waals surface area contributed by atoms with E-state index in [2.05, 4.69) is 19.2 Å². The van der Waals surface area contributed by atoms with E-state index >= 15 is 0 Å². The summed E-state index contributed by atoms with van der Waals surface area (Å²) in [4.78, 5) is 11.7. The van der Waals surface area contributed by atoms with Crippen molar-refractivity contribution < 1.29 is 4.79 Å². The number of nitrogens with two attached hydrogens (primary N) is 1. The highest BCUT2D eigenvalue weighted by Gasteiger charge is 2.15. The summed E-state index contributed by atoms with van der Waals surface area (Å²) in [5, 5.41) is 3.02. The van der Waals surface area contributed by atoms with Crippen LogP contribution in [0.25, 0.3) is 0 Å². The molecule has 1 amide bonds. The van der Waals surface area contributed by atoms with Crippen LogP contribution in [0.4, 0.5) is 0 Å². The molecular weight excluding hydrogens is 188 g/mol. The highest BCUT2D eigenvalue weighted by molar-refractivity contribution is 5.79. The number of nitrogens with one attached hydrogen (secondary N) is 1. The maximum Gasteiger partial charge on any atom is 0.224 e. The minimum atomic E-state index is -0.0152. The summed E-state index contributed by atoms with van der Waals surface area (Å²) in [6.45, 7) is 6.70. The molecule has 0 fully saturated rings. The number of carbonyl (C=O) groups is 1. The summed E-state index contributed by atoms with van der Waals surface area (Å²) in [7, 11) is 0. The molecule has 0 aromatic rings. The Bertz CT molecular complexity index is 167. The van der Waals surface area contributed by atoms with Gasteiger partial charge in [0.2, 0.25) is 5.91 Å². The number of hydrogen-bond donors (Lipinski definition) is 2. The first-order chi connectivity index (χ1) is 7.15. The van der Waals surface area contributed by atoms with E-state index in [1.807, 2.05) is 6.92 Å². The van der Waals surface area contributed by atoms with Gasteiger partial charge in [0.05, 0.1) is 0 Å². The predicted molar refractivity (Wildman–Crippen MR) is 64.6 cm³/mol. The number of unbranched alkanes of at least 4 members (excludes halogenated alkanes) is 2. The van der Waals surface area contributed by atoms with Gasteiger partial charge in [0.1, 0.15) is 0 Å². The first-order valence-corrected chi connectivity index (χ1v) is 6.16. The monoisotopic (exact) mass is 214 g/mol. The summed E-state index contributed by atoms with van der Waals surface area (Å²) in [5.74, 6) is 0.0997. The van der Waals surface area contributed by atoms with Crippen LogP contribution in [0.15, 0.2) is 0 Å². The third kappa shape index (κ3) is 6.50. The first-order valence-electron chi connectivity index (χ1n) is 6.16. The van der Waals surface area contributed by atoms with Gasteiger partial charge in [-0.1, -0.05) is 33.1 Å². The van der Waals surface area contributed by atoms with Gasteiger partial charge < -0.3 is 11.1 Å². The van der Waals surface area contributed by atoms with E-state index in [0.29, 0.717) is 6.54 Å². The highest BCUT2D eigenvalue weighted by atomic mass is 16.1. The molecule has 0 aromatic heterocycles. The molecule has 3 N–H and O–H groups in total. The topological polar surface area (TPSA) is 55.1 Å². The molecule has 0 heterocycles. The van der Waals surface area contributed by atoms with Crippen LogP contribution >= 0.6 is 0 Å². The highest BCUT2D eigenvalue weighted by Crippen LogP contribution is 2.05.